The Balaban J connectivity index is 4.21. The highest BCUT2D eigenvalue weighted by Crippen LogP contribution is 2.13. The zero-order valence-corrected chi connectivity index (χ0v) is 10.5. The van der Waals surface area contributed by atoms with Crippen LogP contribution in [0.3, 0.4) is 0 Å². The van der Waals surface area contributed by atoms with E-state index in [0.29, 0.717) is 19.1 Å². The van der Waals surface area contributed by atoms with Crippen molar-refractivity contribution < 1.29 is 14.3 Å². The molecule has 0 aromatic rings. The molecule has 0 fully saturated rings. The van der Waals surface area contributed by atoms with Gasteiger partial charge in [0.25, 0.3) is 0 Å². The number of carbonyl (C=O) groups excluding carboxylic acids is 2. The van der Waals surface area contributed by atoms with Gasteiger partial charge in [0, 0.05) is 0 Å². The minimum atomic E-state index is -0.565. The number of hydrogen-bond acceptors (Lipinski definition) is 3. The van der Waals surface area contributed by atoms with Gasteiger partial charge in [0.15, 0.2) is 0 Å². The van der Waals surface area contributed by atoms with E-state index in [2.05, 4.69) is 11.9 Å². The van der Waals surface area contributed by atoms with E-state index in [-0.39, 0.29) is 0 Å². The third-order valence-electron chi connectivity index (χ3n) is 2.26. The van der Waals surface area contributed by atoms with Crippen LogP contribution in [0, 0.1) is 0 Å². The van der Waals surface area contributed by atoms with E-state index >= 15 is 0 Å². The predicted molar refractivity (Wildman–Crippen MR) is 63.3 cm³/mol. The number of nitrogens with one attached hydrogen (secondary N) is 1. The van der Waals surface area contributed by atoms with E-state index in [4.69, 9.17) is 4.74 Å². The fourth-order valence-electron chi connectivity index (χ4n) is 1.01. The molecule has 16 heavy (non-hydrogen) atoms. The molecule has 0 aliphatic heterocycles. The Hall–Kier alpha value is -1.32. The van der Waals surface area contributed by atoms with Crippen molar-refractivity contribution in [3.05, 3.63) is 12.2 Å². The number of aldehydes is 1. The number of carbonyl (C=O) groups is 2. The summed E-state index contributed by atoms with van der Waals surface area (Å²) in [5.74, 6) is 0. The smallest absolute Gasteiger partial charge is 0.408 e. The van der Waals surface area contributed by atoms with Crippen LogP contribution in [0.1, 0.15) is 40.5 Å². The van der Waals surface area contributed by atoms with Gasteiger partial charge in [-0.05, 0) is 33.6 Å². The van der Waals surface area contributed by atoms with Crippen LogP contribution in [0.25, 0.3) is 0 Å². The van der Waals surface area contributed by atoms with Crippen LogP contribution < -0.4 is 5.32 Å². The monoisotopic (exact) mass is 227 g/mol. The normalized spacial score (nSPS) is 12.8. The average Bonchev–Trinajstić information content (AvgIpc) is 2.15. The average molecular weight is 227 g/mol. The van der Waals surface area contributed by atoms with Crippen molar-refractivity contribution in [2.24, 2.45) is 0 Å². The molecule has 92 valence electrons. The molecule has 0 aromatic heterocycles. The Kier molecular flexibility index (Phi) is 5.78. The molecular weight excluding hydrogens is 206 g/mol. The lowest BCUT2D eigenvalue weighted by Gasteiger charge is -2.24. The molecule has 4 nitrogen and oxygen atoms in total. The largest absolute Gasteiger partial charge is 0.444 e. The fraction of sp³-hybridized carbons (Fsp3) is 0.667. The summed E-state index contributed by atoms with van der Waals surface area (Å²) in [5.41, 5.74) is 0.327. The highest BCUT2D eigenvalue weighted by molar-refractivity contribution is 5.73. The lowest BCUT2D eigenvalue weighted by molar-refractivity contribution is -0.109. The summed E-state index contributed by atoms with van der Waals surface area (Å²) in [6.07, 6.45) is 1.28. The highest BCUT2D eigenvalue weighted by atomic mass is 16.6. The van der Waals surface area contributed by atoms with Gasteiger partial charge in [-0.1, -0.05) is 12.5 Å². The SMILES string of the molecule is C=C(C)CC(C=O)NC(=O)OC(C)(C)CC. The Morgan fingerprint density at radius 3 is 2.50 bits per heavy atom. The maximum atomic E-state index is 11.4. The third-order valence-corrected chi connectivity index (χ3v) is 2.26. The van der Waals surface area contributed by atoms with E-state index in [1.54, 1.807) is 6.92 Å². The molecule has 0 radical (unpaired) electrons. The van der Waals surface area contributed by atoms with Gasteiger partial charge in [-0.15, -0.1) is 6.58 Å². The molecule has 1 N–H and O–H groups in total. The zero-order chi connectivity index (χ0) is 12.8. The minimum absolute atomic E-state index is 0.436. The van der Waals surface area contributed by atoms with Gasteiger partial charge in [-0.2, -0.15) is 0 Å². The molecule has 0 aromatic carbocycles. The quantitative estimate of drug-likeness (QED) is 0.560. The summed E-state index contributed by atoms with van der Waals surface area (Å²) in [6, 6.07) is -0.558. The summed E-state index contributed by atoms with van der Waals surface area (Å²) in [5, 5.41) is 2.50. The number of ether oxygens (including phenoxy) is 1. The molecule has 0 rings (SSSR count). The maximum Gasteiger partial charge on any atom is 0.408 e. The second-order valence-corrected chi connectivity index (χ2v) is 4.55. The number of alkyl carbamates (subject to hydrolysis) is 1. The molecule has 0 aliphatic carbocycles. The van der Waals surface area contributed by atoms with Crippen molar-refractivity contribution in [1.29, 1.82) is 0 Å². The van der Waals surface area contributed by atoms with Crippen LogP contribution >= 0.6 is 0 Å². The van der Waals surface area contributed by atoms with Crippen LogP contribution in [0.15, 0.2) is 12.2 Å². The number of rotatable bonds is 6. The molecule has 0 aliphatic rings. The van der Waals surface area contributed by atoms with E-state index in [9.17, 15) is 9.59 Å². The second kappa shape index (κ2) is 6.30. The molecular formula is C12H21NO3. The predicted octanol–water partition coefficient (Wildman–Crippen LogP) is 2.43. The summed E-state index contributed by atoms with van der Waals surface area (Å²) >= 11 is 0. The van der Waals surface area contributed by atoms with E-state index in [1.165, 1.54) is 0 Å². The fourth-order valence-corrected chi connectivity index (χ4v) is 1.01. The van der Waals surface area contributed by atoms with Crippen molar-refractivity contribution in [1.82, 2.24) is 5.32 Å². The van der Waals surface area contributed by atoms with Crippen molar-refractivity contribution in [2.45, 2.75) is 52.2 Å². The van der Waals surface area contributed by atoms with E-state index in [0.717, 1.165) is 5.57 Å². The lowest BCUT2D eigenvalue weighted by atomic mass is 10.1. The molecule has 4 heteroatoms. The first-order chi connectivity index (χ1) is 7.30. The van der Waals surface area contributed by atoms with Crippen molar-refractivity contribution in [3.8, 4) is 0 Å². The number of hydrogen-bond donors (Lipinski definition) is 1. The molecule has 1 atom stereocenters. The highest BCUT2D eigenvalue weighted by Gasteiger charge is 2.22. The second-order valence-electron chi connectivity index (χ2n) is 4.55. The van der Waals surface area contributed by atoms with Crippen LogP contribution in [-0.4, -0.2) is 24.0 Å². The Bertz CT molecular complexity index is 271. The van der Waals surface area contributed by atoms with Crippen LogP contribution in [0.5, 0.6) is 0 Å². The molecule has 1 amide bonds. The standard InChI is InChI=1S/C12H21NO3/c1-6-12(4,5)16-11(15)13-10(8-14)7-9(2)3/h8,10H,2,6-7H2,1,3-5H3,(H,13,15). The zero-order valence-electron chi connectivity index (χ0n) is 10.5. The van der Waals surface area contributed by atoms with Crippen molar-refractivity contribution in [2.75, 3.05) is 0 Å². The summed E-state index contributed by atoms with van der Waals surface area (Å²) in [4.78, 5) is 22.1. The van der Waals surface area contributed by atoms with Crippen molar-refractivity contribution >= 4 is 12.4 Å². The van der Waals surface area contributed by atoms with Crippen LogP contribution in [0.2, 0.25) is 0 Å². The topological polar surface area (TPSA) is 55.4 Å². The van der Waals surface area contributed by atoms with Gasteiger partial charge in [-0.25, -0.2) is 4.79 Å². The maximum absolute atomic E-state index is 11.4. The minimum Gasteiger partial charge on any atom is -0.444 e. The van der Waals surface area contributed by atoms with E-state index < -0.39 is 17.7 Å². The third kappa shape index (κ3) is 6.22. The Morgan fingerprint density at radius 2 is 2.12 bits per heavy atom. The first-order valence-electron chi connectivity index (χ1n) is 5.40. The summed E-state index contributed by atoms with van der Waals surface area (Å²) < 4.78 is 5.16. The molecule has 0 saturated carbocycles. The first-order valence-corrected chi connectivity index (χ1v) is 5.40. The Morgan fingerprint density at radius 1 is 1.56 bits per heavy atom. The first kappa shape index (κ1) is 14.7. The van der Waals surface area contributed by atoms with Crippen molar-refractivity contribution in [3.63, 3.8) is 0 Å². The van der Waals surface area contributed by atoms with Gasteiger partial charge in [0.2, 0.25) is 0 Å². The Labute approximate surface area is 97.1 Å². The summed E-state index contributed by atoms with van der Waals surface area (Å²) in [6.45, 7) is 11.1. The summed E-state index contributed by atoms with van der Waals surface area (Å²) in [7, 11) is 0. The van der Waals surface area contributed by atoms with Gasteiger partial charge >= 0.3 is 6.09 Å². The van der Waals surface area contributed by atoms with E-state index in [1.807, 2.05) is 20.8 Å². The van der Waals surface area contributed by atoms with Crippen LogP contribution in [0.4, 0.5) is 4.79 Å². The lowest BCUT2D eigenvalue weighted by Crippen LogP contribution is -2.40. The molecule has 0 spiro atoms. The van der Waals surface area contributed by atoms with Gasteiger partial charge in [0.1, 0.15) is 11.9 Å². The van der Waals surface area contributed by atoms with Gasteiger partial charge < -0.3 is 14.8 Å². The van der Waals surface area contributed by atoms with Gasteiger partial charge in [0.05, 0.1) is 6.04 Å². The molecule has 0 bridgehead atoms. The number of amides is 1. The molecule has 0 heterocycles. The molecule has 1 unspecified atom stereocenters. The van der Waals surface area contributed by atoms with Gasteiger partial charge in [-0.3, -0.25) is 0 Å². The molecule has 0 saturated heterocycles. The van der Waals surface area contributed by atoms with Crippen LogP contribution in [-0.2, 0) is 9.53 Å².